The van der Waals surface area contributed by atoms with Crippen LogP contribution in [0.2, 0.25) is 0 Å². The summed E-state index contributed by atoms with van der Waals surface area (Å²) < 4.78 is 0.755. The van der Waals surface area contributed by atoms with Crippen molar-refractivity contribution in [1.82, 2.24) is 5.32 Å². The Morgan fingerprint density at radius 2 is 1.83 bits per heavy atom. The van der Waals surface area contributed by atoms with Gasteiger partial charge in [0.15, 0.2) is 0 Å². The van der Waals surface area contributed by atoms with Crippen molar-refractivity contribution in [1.29, 1.82) is 0 Å². The molecule has 0 heterocycles. The molecule has 0 aliphatic heterocycles. The van der Waals surface area contributed by atoms with Gasteiger partial charge in [-0.3, -0.25) is 14.9 Å². The van der Waals surface area contributed by atoms with Crippen LogP contribution in [0, 0.1) is 0 Å². The van der Waals surface area contributed by atoms with Crippen LogP contribution >= 0.6 is 31.9 Å². The molecule has 0 fully saturated rings. The molecule has 0 bridgehead atoms. The van der Waals surface area contributed by atoms with Crippen molar-refractivity contribution in [3.05, 3.63) is 26.6 Å². The molecular weight excluding hydrogens is 370 g/mol. The number of phenolic OH excluding ortho intramolecular Hbond substituents is 1. The van der Waals surface area contributed by atoms with E-state index in [2.05, 4.69) is 37.2 Å². The Morgan fingerprint density at radius 1 is 1.33 bits per heavy atom. The molecule has 0 spiro atoms. The maximum atomic E-state index is 11.2. The summed E-state index contributed by atoms with van der Waals surface area (Å²) >= 11 is 6.25. The van der Waals surface area contributed by atoms with E-state index >= 15 is 0 Å². The Balaban J connectivity index is 3.06. The third-order valence-corrected chi connectivity index (χ3v) is 3.38. The second-order valence-electron chi connectivity index (χ2n) is 3.69. The highest BCUT2D eigenvalue weighted by Gasteiger charge is 2.21. The van der Waals surface area contributed by atoms with Crippen molar-refractivity contribution < 1.29 is 19.8 Å². The summed E-state index contributed by atoms with van der Waals surface area (Å²) in [6.45, 7) is 1.33. The van der Waals surface area contributed by atoms with E-state index in [4.69, 9.17) is 5.11 Å². The smallest absolute Gasteiger partial charge is 0.325 e. The lowest BCUT2D eigenvalue weighted by Crippen LogP contribution is -2.32. The highest BCUT2D eigenvalue weighted by molar-refractivity contribution is 9.11. The van der Waals surface area contributed by atoms with E-state index in [1.165, 1.54) is 19.1 Å². The van der Waals surface area contributed by atoms with Crippen molar-refractivity contribution >= 4 is 43.6 Å². The summed E-state index contributed by atoms with van der Waals surface area (Å²) in [7, 11) is 0. The quantitative estimate of drug-likeness (QED) is 0.729. The number of rotatable bonds is 5. The minimum absolute atomic E-state index is 0.00513. The molecule has 7 heteroatoms. The van der Waals surface area contributed by atoms with Crippen LogP contribution < -0.4 is 5.32 Å². The third-order valence-electron chi connectivity index (χ3n) is 2.17. The summed E-state index contributed by atoms with van der Waals surface area (Å²) in [5, 5.41) is 21.3. The van der Waals surface area contributed by atoms with Gasteiger partial charge in [-0.25, -0.2) is 0 Å². The number of carboxylic acids is 1. The molecule has 0 aliphatic rings. The molecule has 1 atom stereocenters. The molecule has 1 aromatic carbocycles. The minimum atomic E-state index is -1.10. The van der Waals surface area contributed by atoms with Gasteiger partial charge >= 0.3 is 5.97 Å². The van der Waals surface area contributed by atoms with Crippen LogP contribution in [0.15, 0.2) is 21.1 Å². The molecule has 0 saturated heterocycles. The van der Waals surface area contributed by atoms with Crippen LogP contribution in [0.5, 0.6) is 5.75 Å². The van der Waals surface area contributed by atoms with Crippen LogP contribution in [0.1, 0.15) is 18.5 Å². The first-order chi connectivity index (χ1) is 8.32. The van der Waals surface area contributed by atoms with Gasteiger partial charge in [-0.15, -0.1) is 0 Å². The molecule has 0 aromatic heterocycles. The number of halogens is 2. The largest absolute Gasteiger partial charge is 0.506 e. The van der Waals surface area contributed by atoms with Gasteiger partial charge in [0.1, 0.15) is 17.6 Å². The van der Waals surface area contributed by atoms with Crippen LogP contribution in [-0.2, 0) is 9.59 Å². The molecule has 0 unspecified atom stereocenters. The Kier molecular flexibility index (Phi) is 5.30. The van der Waals surface area contributed by atoms with Crippen LogP contribution in [0.25, 0.3) is 0 Å². The van der Waals surface area contributed by atoms with Crippen molar-refractivity contribution in [3.63, 3.8) is 0 Å². The number of ketones is 1. The number of aliphatic carboxylic acids is 1. The molecule has 0 aliphatic carbocycles. The van der Waals surface area contributed by atoms with E-state index < -0.39 is 12.0 Å². The first kappa shape index (κ1) is 15.1. The number of carbonyl (C=O) groups is 2. The normalized spacial score (nSPS) is 12.2. The molecule has 0 saturated carbocycles. The highest BCUT2D eigenvalue weighted by Crippen LogP contribution is 2.35. The van der Waals surface area contributed by atoms with Crippen LogP contribution in [-0.4, -0.2) is 28.5 Å². The van der Waals surface area contributed by atoms with E-state index in [1.807, 2.05) is 0 Å². The minimum Gasteiger partial charge on any atom is -0.506 e. The molecule has 0 radical (unpaired) electrons. The lowest BCUT2D eigenvalue weighted by molar-refractivity contribution is -0.139. The first-order valence-electron chi connectivity index (χ1n) is 4.96. The monoisotopic (exact) mass is 379 g/mol. The fourth-order valence-corrected chi connectivity index (χ4v) is 2.57. The molecule has 98 valence electrons. The number of hydrogen-bond acceptors (Lipinski definition) is 4. The Labute approximate surface area is 120 Å². The van der Waals surface area contributed by atoms with Gasteiger partial charge in [0.05, 0.1) is 15.5 Å². The highest BCUT2D eigenvalue weighted by atomic mass is 79.9. The molecular formula is C11H11Br2NO4. The van der Waals surface area contributed by atoms with E-state index in [1.54, 1.807) is 0 Å². The summed E-state index contributed by atoms with van der Waals surface area (Å²) in [5.74, 6) is -1.26. The van der Waals surface area contributed by atoms with Crippen molar-refractivity contribution in [2.75, 3.05) is 6.54 Å². The van der Waals surface area contributed by atoms with E-state index in [0.29, 0.717) is 14.5 Å². The zero-order valence-electron chi connectivity index (χ0n) is 9.41. The summed E-state index contributed by atoms with van der Waals surface area (Å²) in [6.07, 6.45) is 0. The molecule has 1 rings (SSSR count). The number of carboxylic acid groups (broad SMARTS) is 1. The third kappa shape index (κ3) is 3.79. The molecule has 1 aromatic rings. The average Bonchev–Trinajstić information content (AvgIpc) is 2.25. The lowest BCUT2D eigenvalue weighted by atomic mass is 10.1. The van der Waals surface area contributed by atoms with Gasteiger partial charge in [-0.05, 0) is 56.5 Å². The predicted molar refractivity (Wildman–Crippen MR) is 72.6 cm³/mol. The maximum Gasteiger partial charge on any atom is 0.325 e. The number of benzene rings is 1. The summed E-state index contributed by atoms with van der Waals surface area (Å²) in [4.78, 5) is 22.0. The zero-order valence-corrected chi connectivity index (χ0v) is 12.6. The van der Waals surface area contributed by atoms with E-state index in [9.17, 15) is 14.7 Å². The van der Waals surface area contributed by atoms with Gasteiger partial charge in [-0.1, -0.05) is 0 Å². The fourth-order valence-electron chi connectivity index (χ4n) is 1.35. The molecule has 0 amide bonds. The second kappa shape index (κ2) is 6.31. The standard InChI is InChI=1S/C11H11Br2NO4/c1-5(15)4-14-9(11(17)18)6-2-7(12)10(16)8(13)3-6/h2-3,9,14,16H,4H2,1H3,(H,17,18)/t9-/m0/s1. The van der Waals surface area contributed by atoms with Crippen molar-refractivity contribution in [2.45, 2.75) is 13.0 Å². The molecule has 5 nitrogen and oxygen atoms in total. The molecule has 3 N–H and O–H groups in total. The SMILES string of the molecule is CC(=O)CN[C@H](C(=O)O)c1cc(Br)c(O)c(Br)c1. The van der Waals surface area contributed by atoms with E-state index in [0.717, 1.165) is 0 Å². The van der Waals surface area contributed by atoms with Crippen molar-refractivity contribution in [3.8, 4) is 5.75 Å². The van der Waals surface area contributed by atoms with Crippen molar-refractivity contribution in [2.24, 2.45) is 0 Å². The topological polar surface area (TPSA) is 86.6 Å². The number of phenols is 1. The van der Waals surface area contributed by atoms with Crippen LogP contribution in [0.3, 0.4) is 0 Å². The average molecular weight is 381 g/mol. The number of nitrogens with one attached hydrogen (secondary N) is 1. The maximum absolute atomic E-state index is 11.2. The summed E-state index contributed by atoms with van der Waals surface area (Å²) in [5.41, 5.74) is 0.431. The Morgan fingerprint density at radius 3 is 2.22 bits per heavy atom. The molecule has 18 heavy (non-hydrogen) atoms. The number of hydrogen-bond donors (Lipinski definition) is 3. The number of aromatic hydroxyl groups is 1. The number of Topliss-reactive ketones (excluding diaryl/α,β-unsaturated/α-hetero) is 1. The van der Waals surface area contributed by atoms with Gasteiger partial charge in [0.25, 0.3) is 0 Å². The van der Waals surface area contributed by atoms with Gasteiger partial charge < -0.3 is 10.2 Å². The number of carbonyl (C=O) groups excluding carboxylic acids is 1. The van der Waals surface area contributed by atoms with Gasteiger partial charge in [-0.2, -0.15) is 0 Å². The van der Waals surface area contributed by atoms with E-state index in [-0.39, 0.29) is 18.1 Å². The lowest BCUT2D eigenvalue weighted by Gasteiger charge is -2.15. The summed E-state index contributed by atoms with van der Waals surface area (Å²) in [6, 6.07) is 1.97. The van der Waals surface area contributed by atoms with Gasteiger partial charge in [0, 0.05) is 0 Å². The zero-order chi connectivity index (χ0) is 13.9. The van der Waals surface area contributed by atoms with Gasteiger partial charge in [0.2, 0.25) is 0 Å². The Bertz CT molecular complexity index is 467. The fraction of sp³-hybridized carbons (Fsp3) is 0.273. The predicted octanol–water partition coefficient (Wildman–Crippen LogP) is 2.22. The Hall–Kier alpha value is -0.920. The first-order valence-corrected chi connectivity index (χ1v) is 6.55. The van der Waals surface area contributed by atoms with Crippen LogP contribution in [0.4, 0.5) is 0 Å². The second-order valence-corrected chi connectivity index (χ2v) is 5.40.